The lowest BCUT2D eigenvalue weighted by atomic mass is 10.4. The van der Waals surface area contributed by atoms with E-state index in [0.29, 0.717) is 17.6 Å². The molecule has 6 heteroatoms. The van der Waals surface area contributed by atoms with Crippen LogP contribution < -0.4 is 0 Å². The van der Waals surface area contributed by atoms with E-state index in [1.54, 1.807) is 0 Å². The standard InChI is InChI=1S/C8H15F3NO2/c1-12(2)3-4-13-7(5-12)14-6-8(9,10)11/h7H,3-6H2,1-2H3/q+1. The number of halogens is 3. The topological polar surface area (TPSA) is 18.5 Å². The van der Waals surface area contributed by atoms with Gasteiger partial charge in [-0.2, -0.15) is 13.2 Å². The maximum absolute atomic E-state index is 11.8. The average molecular weight is 214 g/mol. The molecule has 0 aliphatic carbocycles. The predicted octanol–water partition coefficient (Wildman–Crippen LogP) is 0.998. The molecule has 1 fully saturated rings. The van der Waals surface area contributed by atoms with Gasteiger partial charge in [0.25, 0.3) is 0 Å². The van der Waals surface area contributed by atoms with Crippen LogP contribution in [0.4, 0.5) is 13.2 Å². The Kier molecular flexibility index (Phi) is 3.39. The molecule has 0 aromatic carbocycles. The summed E-state index contributed by atoms with van der Waals surface area (Å²) in [6.07, 6.45) is -5.02. The van der Waals surface area contributed by atoms with Crippen LogP contribution in [0.2, 0.25) is 0 Å². The third-order valence-electron chi connectivity index (χ3n) is 2.08. The van der Waals surface area contributed by atoms with Crippen molar-refractivity contribution in [3.8, 4) is 0 Å². The van der Waals surface area contributed by atoms with Crippen LogP contribution in [0.15, 0.2) is 0 Å². The van der Waals surface area contributed by atoms with E-state index in [1.165, 1.54) is 0 Å². The third kappa shape index (κ3) is 4.26. The van der Waals surface area contributed by atoms with Gasteiger partial charge in [0, 0.05) is 0 Å². The van der Waals surface area contributed by atoms with Gasteiger partial charge in [-0.25, -0.2) is 0 Å². The van der Waals surface area contributed by atoms with E-state index < -0.39 is 19.1 Å². The predicted molar refractivity (Wildman–Crippen MR) is 43.6 cm³/mol. The third-order valence-corrected chi connectivity index (χ3v) is 2.08. The minimum atomic E-state index is -4.28. The van der Waals surface area contributed by atoms with Crippen LogP contribution in [0.1, 0.15) is 0 Å². The van der Waals surface area contributed by atoms with Gasteiger partial charge in [-0.1, -0.05) is 0 Å². The van der Waals surface area contributed by atoms with Crippen LogP contribution >= 0.6 is 0 Å². The second kappa shape index (κ2) is 4.04. The molecule has 14 heavy (non-hydrogen) atoms. The van der Waals surface area contributed by atoms with Crippen molar-refractivity contribution in [2.45, 2.75) is 12.5 Å². The second-order valence-corrected chi connectivity index (χ2v) is 4.07. The Morgan fingerprint density at radius 3 is 2.57 bits per heavy atom. The van der Waals surface area contributed by atoms with Crippen molar-refractivity contribution in [2.24, 2.45) is 0 Å². The summed E-state index contributed by atoms with van der Waals surface area (Å²) >= 11 is 0. The van der Waals surface area contributed by atoms with E-state index >= 15 is 0 Å². The van der Waals surface area contributed by atoms with Crippen LogP contribution in [0, 0.1) is 0 Å². The Balaban J connectivity index is 2.32. The minimum absolute atomic E-state index is 0.440. The fourth-order valence-electron chi connectivity index (χ4n) is 1.27. The lowest BCUT2D eigenvalue weighted by Crippen LogP contribution is -2.53. The zero-order valence-corrected chi connectivity index (χ0v) is 8.30. The van der Waals surface area contributed by atoms with Gasteiger partial charge in [0.15, 0.2) is 0 Å². The molecule has 0 amide bonds. The van der Waals surface area contributed by atoms with E-state index in [9.17, 15) is 13.2 Å². The van der Waals surface area contributed by atoms with E-state index in [1.807, 2.05) is 14.1 Å². The molecular formula is C8H15F3NO2+. The molecule has 0 spiro atoms. The zero-order chi connectivity index (χ0) is 10.8. The van der Waals surface area contributed by atoms with Crippen molar-refractivity contribution in [3.05, 3.63) is 0 Å². The summed E-state index contributed by atoms with van der Waals surface area (Å²) in [7, 11) is 3.87. The minimum Gasteiger partial charge on any atom is -0.342 e. The van der Waals surface area contributed by atoms with E-state index in [0.717, 1.165) is 6.54 Å². The average Bonchev–Trinajstić information content (AvgIpc) is 1.98. The highest BCUT2D eigenvalue weighted by molar-refractivity contribution is 4.53. The van der Waals surface area contributed by atoms with Crippen molar-refractivity contribution in [1.82, 2.24) is 0 Å². The van der Waals surface area contributed by atoms with Gasteiger partial charge in [0.1, 0.15) is 19.7 Å². The number of rotatable bonds is 2. The van der Waals surface area contributed by atoms with Crippen LogP contribution in [0.5, 0.6) is 0 Å². The first-order valence-electron chi connectivity index (χ1n) is 4.40. The normalized spacial score (nSPS) is 27.6. The van der Waals surface area contributed by atoms with Crippen molar-refractivity contribution >= 4 is 0 Å². The lowest BCUT2D eigenvalue weighted by molar-refractivity contribution is -0.905. The largest absolute Gasteiger partial charge is 0.411 e. The molecule has 1 rings (SSSR count). The highest BCUT2D eigenvalue weighted by Crippen LogP contribution is 2.18. The molecule has 0 saturated carbocycles. The van der Waals surface area contributed by atoms with Gasteiger partial charge in [-0.3, -0.25) is 0 Å². The first-order valence-corrected chi connectivity index (χ1v) is 4.40. The van der Waals surface area contributed by atoms with Crippen LogP contribution in [0.3, 0.4) is 0 Å². The van der Waals surface area contributed by atoms with Crippen molar-refractivity contribution < 1.29 is 27.1 Å². The molecule has 3 nitrogen and oxygen atoms in total. The molecule has 0 bridgehead atoms. The quantitative estimate of drug-likeness (QED) is 0.638. The zero-order valence-electron chi connectivity index (χ0n) is 8.30. The Bertz CT molecular complexity index is 194. The number of hydrogen-bond acceptors (Lipinski definition) is 2. The summed E-state index contributed by atoms with van der Waals surface area (Å²) in [4.78, 5) is 0. The highest BCUT2D eigenvalue weighted by atomic mass is 19.4. The second-order valence-electron chi connectivity index (χ2n) is 4.07. The summed E-state index contributed by atoms with van der Waals surface area (Å²) in [5.41, 5.74) is 0. The molecule has 1 saturated heterocycles. The maximum atomic E-state index is 11.8. The summed E-state index contributed by atoms with van der Waals surface area (Å²) in [5, 5.41) is 0. The summed E-state index contributed by atoms with van der Waals surface area (Å²) in [6.45, 7) is 0.454. The number of morpholine rings is 1. The molecule has 0 N–H and O–H groups in total. The first kappa shape index (κ1) is 11.7. The Morgan fingerprint density at radius 1 is 1.43 bits per heavy atom. The van der Waals surface area contributed by atoms with Crippen LogP contribution in [-0.4, -0.2) is 57.3 Å². The molecule has 0 aromatic heterocycles. The number of likely N-dealkylation sites (N-methyl/N-ethyl adjacent to an activating group) is 1. The number of nitrogens with zero attached hydrogens (tertiary/aromatic N) is 1. The molecule has 1 heterocycles. The Labute approximate surface area is 81.0 Å². The van der Waals surface area contributed by atoms with Gasteiger partial charge < -0.3 is 14.0 Å². The van der Waals surface area contributed by atoms with Crippen molar-refractivity contribution in [2.75, 3.05) is 40.4 Å². The van der Waals surface area contributed by atoms with Gasteiger partial charge in [0.2, 0.25) is 6.29 Å². The smallest absolute Gasteiger partial charge is 0.342 e. The van der Waals surface area contributed by atoms with E-state index in [4.69, 9.17) is 4.74 Å². The van der Waals surface area contributed by atoms with Gasteiger partial charge in [-0.15, -0.1) is 0 Å². The van der Waals surface area contributed by atoms with Crippen molar-refractivity contribution in [3.63, 3.8) is 0 Å². The van der Waals surface area contributed by atoms with E-state index in [-0.39, 0.29) is 0 Å². The fourth-order valence-corrected chi connectivity index (χ4v) is 1.27. The molecule has 0 radical (unpaired) electrons. The number of quaternary nitrogens is 1. The molecule has 1 aliphatic heterocycles. The SMILES string of the molecule is C[N+]1(C)CCOC(OCC(F)(F)F)C1. The van der Waals surface area contributed by atoms with E-state index in [2.05, 4.69) is 4.74 Å². The van der Waals surface area contributed by atoms with Crippen molar-refractivity contribution in [1.29, 1.82) is 0 Å². The summed E-state index contributed by atoms with van der Waals surface area (Å²) in [5.74, 6) is 0. The lowest BCUT2D eigenvalue weighted by Gasteiger charge is -2.37. The number of alkyl halides is 3. The number of hydrogen-bond donors (Lipinski definition) is 0. The summed E-state index contributed by atoms with van der Waals surface area (Å²) in [6, 6.07) is 0. The number of ether oxygens (including phenoxy) is 2. The molecule has 1 atom stereocenters. The fraction of sp³-hybridized carbons (Fsp3) is 1.00. The maximum Gasteiger partial charge on any atom is 0.411 e. The van der Waals surface area contributed by atoms with Gasteiger partial charge >= 0.3 is 6.18 Å². The molecule has 0 aromatic rings. The molecular weight excluding hydrogens is 199 g/mol. The monoisotopic (exact) mass is 214 g/mol. The molecule has 1 unspecified atom stereocenters. The van der Waals surface area contributed by atoms with Crippen LogP contribution in [0.25, 0.3) is 0 Å². The molecule has 84 valence electrons. The van der Waals surface area contributed by atoms with Gasteiger partial charge in [-0.05, 0) is 0 Å². The van der Waals surface area contributed by atoms with Gasteiger partial charge in [0.05, 0.1) is 20.7 Å². The molecule has 1 aliphatic rings. The first-order chi connectivity index (χ1) is 6.29. The highest BCUT2D eigenvalue weighted by Gasteiger charge is 2.34. The van der Waals surface area contributed by atoms with Crippen LogP contribution in [-0.2, 0) is 9.47 Å². The summed E-state index contributed by atoms with van der Waals surface area (Å²) < 4.78 is 45.8. The Hall–Kier alpha value is -0.330. The Morgan fingerprint density at radius 2 is 2.07 bits per heavy atom.